The summed E-state index contributed by atoms with van der Waals surface area (Å²) in [5, 5.41) is 22.5. The van der Waals surface area contributed by atoms with E-state index in [9.17, 15) is 4.79 Å². The zero-order chi connectivity index (χ0) is 16.4. The molecule has 1 amide bonds. The van der Waals surface area contributed by atoms with Crippen molar-refractivity contribution in [3.63, 3.8) is 0 Å². The van der Waals surface area contributed by atoms with Crippen molar-refractivity contribution in [2.75, 3.05) is 5.32 Å². The number of nitrogens with zero attached hydrogens (tertiary/aromatic N) is 3. The fourth-order valence-electron chi connectivity index (χ4n) is 2.32. The van der Waals surface area contributed by atoms with Crippen LogP contribution in [0.15, 0.2) is 45.6 Å². The summed E-state index contributed by atoms with van der Waals surface area (Å²) in [5.74, 6) is 0.835. The van der Waals surface area contributed by atoms with Crippen molar-refractivity contribution >= 4 is 33.8 Å². The summed E-state index contributed by atoms with van der Waals surface area (Å²) in [6, 6.07) is 7.50. The Hall–Kier alpha value is -3.00. The Morgan fingerprint density at radius 3 is 3.12 bits per heavy atom. The van der Waals surface area contributed by atoms with E-state index in [1.807, 2.05) is 35.0 Å². The Morgan fingerprint density at radius 2 is 2.25 bits per heavy atom. The van der Waals surface area contributed by atoms with Crippen molar-refractivity contribution in [1.29, 1.82) is 0 Å². The van der Waals surface area contributed by atoms with E-state index in [-0.39, 0.29) is 12.3 Å². The molecule has 0 saturated carbocycles. The topological polar surface area (TPSA) is 96.7 Å². The lowest BCUT2D eigenvalue weighted by atomic mass is 10.2. The van der Waals surface area contributed by atoms with Crippen LogP contribution in [0.5, 0.6) is 0 Å². The van der Waals surface area contributed by atoms with E-state index in [1.54, 1.807) is 17.5 Å². The maximum Gasteiger partial charge on any atom is 0.248 e. The molecule has 7 nitrogen and oxygen atoms in total. The van der Waals surface area contributed by atoms with E-state index < -0.39 is 0 Å². The fourth-order valence-corrected chi connectivity index (χ4v) is 2.95. The predicted octanol–water partition coefficient (Wildman–Crippen LogP) is 3.25. The highest BCUT2D eigenvalue weighted by atomic mass is 32.1. The molecule has 0 atom stereocenters. The highest BCUT2D eigenvalue weighted by Gasteiger charge is 2.11. The number of rotatable bonds is 5. The number of nitrogens with one attached hydrogen (secondary N) is 2. The molecule has 0 saturated heterocycles. The maximum absolute atomic E-state index is 12.1. The summed E-state index contributed by atoms with van der Waals surface area (Å²) in [5.41, 5.74) is 2.56. The highest BCUT2D eigenvalue weighted by molar-refractivity contribution is 7.08. The number of thiophene rings is 1. The number of hydrogen-bond donors (Lipinski definition) is 2. The second-order valence-corrected chi connectivity index (χ2v) is 6.01. The highest BCUT2D eigenvalue weighted by Crippen LogP contribution is 2.21. The average molecular weight is 339 g/mol. The summed E-state index contributed by atoms with van der Waals surface area (Å²) >= 11 is 1.57. The van der Waals surface area contributed by atoms with Gasteiger partial charge < -0.3 is 9.73 Å². The number of anilines is 1. The third kappa shape index (κ3) is 3.04. The largest absolute Gasteiger partial charge is 0.421 e. The van der Waals surface area contributed by atoms with Gasteiger partial charge in [-0.15, -0.1) is 10.2 Å². The van der Waals surface area contributed by atoms with Gasteiger partial charge in [-0.25, -0.2) is 0 Å². The molecule has 3 aromatic heterocycles. The van der Waals surface area contributed by atoms with Crippen LogP contribution in [0, 0.1) is 0 Å². The van der Waals surface area contributed by atoms with Crippen molar-refractivity contribution in [2.24, 2.45) is 0 Å². The van der Waals surface area contributed by atoms with Crippen molar-refractivity contribution in [3.05, 3.63) is 47.1 Å². The van der Waals surface area contributed by atoms with Gasteiger partial charge in [-0.05, 0) is 29.6 Å². The molecule has 0 unspecified atom stereocenters. The lowest BCUT2D eigenvalue weighted by Crippen LogP contribution is -2.12. The van der Waals surface area contributed by atoms with E-state index in [0.29, 0.717) is 18.2 Å². The minimum atomic E-state index is -0.104. The number of amides is 1. The van der Waals surface area contributed by atoms with Crippen molar-refractivity contribution < 1.29 is 9.21 Å². The number of aromatic nitrogens is 4. The summed E-state index contributed by atoms with van der Waals surface area (Å²) in [4.78, 5) is 12.1. The Bertz CT molecular complexity index is 973. The molecular formula is C16H13N5O2S. The molecule has 24 heavy (non-hydrogen) atoms. The van der Waals surface area contributed by atoms with Gasteiger partial charge in [-0.2, -0.15) is 16.4 Å². The first-order chi connectivity index (χ1) is 11.8. The van der Waals surface area contributed by atoms with Crippen LogP contribution >= 0.6 is 11.3 Å². The fraction of sp³-hybridized carbons (Fsp3) is 0.125. The molecule has 120 valence electrons. The number of carbonyl (C=O) groups is 1. The Balaban J connectivity index is 1.36. The number of benzene rings is 1. The standard InChI is InChI=1S/C16H13N5O2S/c22-14(18-12-1-2-13-11(7-12)8-17-19-13)3-4-15-20-21-16(23-15)10-5-6-24-9-10/h1-2,5-9H,3-4H2,(H,17,19)(H,18,22). The van der Waals surface area contributed by atoms with E-state index >= 15 is 0 Å². The number of fused-ring (bicyclic) bond motifs is 1. The molecule has 0 aliphatic heterocycles. The van der Waals surface area contributed by atoms with Crippen LogP contribution in [0.1, 0.15) is 12.3 Å². The van der Waals surface area contributed by atoms with Crippen LogP contribution in [-0.2, 0) is 11.2 Å². The summed E-state index contributed by atoms with van der Waals surface area (Å²) in [6.07, 6.45) is 2.39. The molecule has 8 heteroatoms. The summed E-state index contributed by atoms with van der Waals surface area (Å²) in [7, 11) is 0. The van der Waals surface area contributed by atoms with Crippen LogP contribution in [0.3, 0.4) is 0 Å². The molecule has 3 heterocycles. The van der Waals surface area contributed by atoms with Crippen LogP contribution in [0.25, 0.3) is 22.4 Å². The van der Waals surface area contributed by atoms with Crippen LogP contribution in [-0.4, -0.2) is 26.3 Å². The average Bonchev–Trinajstić information content (AvgIpc) is 3.32. The minimum absolute atomic E-state index is 0.104. The molecule has 0 aliphatic rings. The van der Waals surface area contributed by atoms with Gasteiger partial charge in [-0.3, -0.25) is 9.89 Å². The quantitative estimate of drug-likeness (QED) is 0.582. The van der Waals surface area contributed by atoms with Crippen molar-refractivity contribution in [3.8, 4) is 11.5 Å². The molecule has 0 bridgehead atoms. The number of hydrogen-bond acceptors (Lipinski definition) is 6. The molecule has 0 radical (unpaired) electrons. The first-order valence-corrected chi connectivity index (χ1v) is 8.30. The predicted molar refractivity (Wildman–Crippen MR) is 90.7 cm³/mol. The number of aryl methyl sites for hydroxylation is 1. The number of aromatic amines is 1. The normalized spacial score (nSPS) is 11.0. The minimum Gasteiger partial charge on any atom is -0.421 e. The Kier molecular flexibility index (Phi) is 3.80. The Labute approximate surface area is 140 Å². The van der Waals surface area contributed by atoms with Crippen LogP contribution < -0.4 is 5.32 Å². The summed E-state index contributed by atoms with van der Waals surface area (Å²) in [6.45, 7) is 0. The smallest absolute Gasteiger partial charge is 0.248 e. The Morgan fingerprint density at radius 1 is 1.29 bits per heavy atom. The first-order valence-electron chi connectivity index (χ1n) is 7.36. The second kappa shape index (κ2) is 6.25. The van der Waals surface area contributed by atoms with Gasteiger partial charge >= 0.3 is 0 Å². The van der Waals surface area contributed by atoms with Crippen molar-refractivity contribution in [1.82, 2.24) is 20.4 Å². The van der Waals surface area contributed by atoms with Gasteiger partial charge in [0.1, 0.15) is 0 Å². The van der Waals surface area contributed by atoms with Gasteiger partial charge in [0.05, 0.1) is 11.7 Å². The van der Waals surface area contributed by atoms with Gasteiger partial charge in [0.15, 0.2) is 0 Å². The molecular weight excluding hydrogens is 326 g/mol. The third-order valence-corrected chi connectivity index (χ3v) is 4.21. The lowest BCUT2D eigenvalue weighted by Gasteiger charge is -2.04. The molecule has 0 aliphatic carbocycles. The van der Waals surface area contributed by atoms with Crippen LogP contribution in [0.4, 0.5) is 5.69 Å². The first kappa shape index (κ1) is 14.6. The van der Waals surface area contributed by atoms with E-state index in [2.05, 4.69) is 25.7 Å². The molecule has 4 aromatic rings. The molecule has 0 fully saturated rings. The maximum atomic E-state index is 12.1. The zero-order valence-corrected chi connectivity index (χ0v) is 13.3. The molecule has 2 N–H and O–H groups in total. The molecule has 4 rings (SSSR count). The molecule has 0 spiro atoms. The van der Waals surface area contributed by atoms with Gasteiger partial charge in [0.2, 0.25) is 17.7 Å². The van der Waals surface area contributed by atoms with E-state index in [1.165, 1.54) is 0 Å². The zero-order valence-electron chi connectivity index (χ0n) is 12.5. The van der Waals surface area contributed by atoms with Gasteiger partial charge in [0.25, 0.3) is 0 Å². The van der Waals surface area contributed by atoms with Gasteiger partial charge in [0, 0.05) is 34.9 Å². The summed E-state index contributed by atoms with van der Waals surface area (Å²) < 4.78 is 5.57. The number of H-pyrrole nitrogens is 1. The second-order valence-electron chi connectivity index (χ2n) is 5.23. The van der Waals surface area contributed by atoms with Gasteiger partial charge in [-0.1, -0.05) is 0 Å². The monoisotopic (exact) mass is 339 g/mol. The lowest BCUT2D eigenvalue weighted by molar-refractivity contribution is -0.116. The third-order valence-electron chi connectivity index (χ3n) is 3.52. The molecule has 1 aromatic carbocycles. The van der Waals surface area contributed by atoms with E-state index in [0.717, 1.165) is 22.2 Å². The number of carbonyl (C=O) groups excluding carboxylic acids is 1. The SMILES string of the molecule is O=C(CCc1nnc(-c2ccsc2)o1)Nc1ccc2[nH]ncc2c1. The van der Waals surface area contributed by atoms with Crippen LogP contribution in [0.2, 0.25) is 0 Å². The van der Waals surface area contributed by atoms with Crippen molar-refractivity contribution in [2.45, 2.75) is 12.8 Å². The van der Waals surface area contributed by atoms with E-state index in [4.69, 9.17) is 4.42 Å².